The fourth-order valence-corrected chi connectivity index (χ4v) is 2.14. The fraction of sp³-hybridized carbons (Fsp3) is 0.733. The SMILES string of the molecule is CC(C)C(CN)C(=O)NC(C(=O)NC(C(=O)O)C(O)C(=O)O)C(C)C. The normalized spacial score (nSPS) is 16.0. The van der Waals surface area contributed by atoms with Crippen LogP contribution in [0.15, 0.2) is 0 Å². The average molecular weight is 361 g/mol. The van der Waals surface area contributed by atoms with Crippen LogP contribution in [0.3, 0.4) is 0 Å². The third-order valence-corrected chi connectivity index (χ3v) is 3.77. The molecule has 0 aliphatic rings. The van der Waals surface area contributed by atoms with E-state index in [1.807, 2.05) is 5.32 Å². The lowest BCUT2D eigenvalue weighted by molar-refractivity contribution is -0.157. The summed E-state index contributed by atoms with van der Waals surface area (Å²) in [6.45, 7) is 6.92. The number of nitrogens with one attached hydrogen (secondary N) is 2. The highest BCUT2D eigenvalue weighted by molar-refractivity contribution is 5.93. The van der Waals surface area contributed by atoms with Gasteiger partial charge in [0.15, 0.2) is 12.1 Å². The van der Waals surface area contributed by atoms with Gasteiger partial charge in [0.2, 0.25) is 11.8 Å². The van der Waals surface area contributed by atoms with Gasteiger partial charge >= 0.3 is 11.9 Å². The molecule has 0 aliphatic carbocycles. The first kappa shape index (κ1) is 22.8. The third-order valence-electron chi connectivity index (χ3n) is 3.77. The molecule has 10 heteroatoms. The molecule has 25 heavy (non-hydrogen) atoms. The van der Waals surface area contributed by atoms with Crippen LogP contribution in [0.2, 0.25) is 0 Å². The second-order valence-electron chi connectivity index (χ2n) is 6.42. The molecule has 0 aromatic heterocycles. The summed E-state index contributed by atoms with van der Waals surface area (Å²) in [4.78, 5) is 46.4. The van der Waals surface area contributed by atoms with E-state index >= 15 is 0 Å². The average Bonchev–Trinajstić information content (AvgIpc) is 2.48. The van der Waals surface area contributed by atoms with Crippen LogP contribution in [0, 0.1) is 17.8 Å². The van der Waals surface area contributed by atoms with Crippen LogP contribution in [-0.4, -0.2) is 63.8 Å². The van der Waals surface area contributed by atoms with E-state index in [1.165, 1.54) is 0 Å². The Bertz CT molecular complexity index is 507. The molecule has 0 bridgehead atoms. The van der Waals surface area contributed by atoms with Crippen molar-refractivity contribution < 1.29 is 34.5 Å². The highest BCUT2D eigenvalue weighted by Gasteiger charge is 2.36. The molecule has 0 fully saturated rings. The van der Waals surface area contributed by atoms with Crippen molar-refractivity contribution in [3.8, 4) is 0 Å². The van der Waals surface area contributed by atoms with Crippen molar-refractivity contribution in [1.82, 2.24) is 10.6 Å². The zero-order chi connectivity index (χ0) is 19.9. The van der Waals surface area contributed by atoms with Gasteiger partial charge in [-0.3, -0.25) is 9.59 Å². The Hall–Kier alpha value is -2.20. The number of carbonyl (C=O) groups excluding carboxylic acids is 2. The second kappa shape index (κ2) is 9.94. The Kier molecular flexibility index (Phi) is 9.07. The van der Waals surface area contributed by atoms with Crippen molar-refractivity contribution in [1.29, 1.82) is 0 Å². The number of nitrogens with two attached hydrogens (primary N) is 1. The van der Waals surface area contributed by atoms with Gasteiger partial charge in [-0.05, 0) is 11.8 Å². The molecule has 0 aliphatic heterocycles. The minimum Gasteiger partial charge on any atom is -0.480 e. The molecule has 0 saturated carbocycles. The number of aliphatic carboxylic acids is 2. The number of rotatable bonds is 10. The maximum Gasteiger partial charge on any atom is 0.335 e. The molecule has 4 unspecified atom stereocenters. The summed E-state index contributed by atoms with van der Waals surface area (Å²) in [6, 6.07) is -3.15. The van der Waals surface area contributed by atoms with E-state index in [0.29, 0.717) is 0 Å². The van der Waals surface area contributed by atoms with Crippen molar-refractivity contribution in [3.63, 3.8) is 0 Å². The van der Waals surface area contributed by atoms with Crippen molar-refractivity contribution >= 4 is 23.8 Å². The van der Waals surface area contributed by atoms with E-state index in [9.17, 15) is 24.3 Å². The predicted molar refractivity (Wildman–Crippen MR) is 87.4 cm³/mol. The molecular formula is C15H27N3O7. The van der Waals surface area contributed by atoms with E-state index in [0.717, 1.165) is 0 Å². The molecule has 4 atom stereocenters. The van der Waals surface area contributed by atoms with E-state index in [4.69, 9.17) is 15.9 Å². The molecule has 0 aromatic carbocycles. The molecule has 0 saturated heterocycles. The summed E-state index contributed by atoms with van der Waals surface area (Å²) in [5.74, 6) is -5.88. The Balaban J connectivity index is 5.26. The van der Waals surface area contributed by atoms with E-state index < -0.39 is 53.8 Å². The molecule has 0 radical (unpaired) electrons. The number of carbonyl (C=O) groups is 4. The predicted octanol–water partition coefficient (Wildman–Crippen LogP) is -1.63. The number of carboxylic acid groups (broad SMARTS) is 2. The summed E-state index contributed by atoms with van der Waals surface area (Å²) in [5.41, 5.74) is 5.56. The fourth-order valence-electron chi connectivity index (χ4n) is 2.14. The summed E-state index contributed by atoms with van der Waals surface area (Å²) < 4.78 is 0. The van der Waals surface area contributed by atoms with Crippen LogP contribution in [0.25, 0.3) is 0 Å². The van der Waals surface area contributed by atoms with Crippen molar-refractivity contribution in [2.75, 3.05) is 6.54 Å². The second-order valence-corrected chi connectivity index (χ2v) is 6.42. The monoisotopic (exact) mass is 361 g/mol. The summed E-state index contributed by atoms with van der Waals surface area (Å²) in [6.07, 6.45) is -2.32. The Morgan fingerprint density at radius 1 is 0.840 bits per heavy atom. The van der Waals surface area contributed by atoms with Gasteiger partial charge in [-0.25, -0.2) is 9.59 Å². The number of amides is 2. The number of carboxylic acids is 2. The molecule has 144 valence electrons. The van der Waals surface area contributed by atoms with Gasteiger partial charge in [0.05, 0.1) is 5.92 Å². The highest BCUT2D eigenvalue weighted by atomic mass is 16.4. The minimum absolute atomic E-state index is 0.0681. The van der Waals surface area contributed by atoms with E-state index in [2.05, 4.69) is 5.32 Å². The Labute approximate surface area is 145 Å². The lowest BCUT2D eigenvalue weighted by atomic mass is 9.93. The first-order chi connectivity index (χ1) is 11.4. The zero-order valence-electron chi connectivity index (χ0n) is 14.7. The van der Waals surface area contributed by atoms with Crippen LogP contribution < -0.4 is 16.4 Å². The van der Waals surface area contributed by atoms with Crippen LogP contribution in [0.5, 0.6) is 0 Å². The minimum atomic E-state index is -2.32. The van der Waals surface area contributed by atoms with Crippen molar-refractivity contribution in [2.45, 2.75) is 45.9 Å². The lowest BCUT2D eigenvalue weighted by Gasteiger charge is -2.27. The molecular weight excluding hydrogens is 334 g/mol. The van der Waals surface area contributed by atoms with Crippen LogP contribution in [0.1, 0.15) is 27.7 Å². The molecule has 0 spiro atoms. The van der Waals surface area contributed by atoms with Crippen molar-refractivity contribution in [2.24, 2.45) is 23.5 Å². The van der Waals surface area contributed by atoms with Crippen molar-refractivity contribution in [3.05, 3.63) is 0 Å². The number of aliphatic hydroxyl groups is 1. The summed E-state index contributed by atoms with van der Waals surface area (Å²) in [5, 5.41) is 31.6. The third kappa shape index (κ3) is 6.67. The molecule has 7 N–H and O–H groups in total. The van der Waals surface area contributed by atoms with Gasteiger partial charge in [-0.2, -0.15) is 0 Å². The van der Waals surface area contributed by atoms with Gasteiger partial charge in [0.25, 0.3) is 0 Å². The molecule has 2 amide bonds. The maximum atomic E-state index is 12.3. The standard InChI is InChI=1S/C15H27N3O7/c1-6(2)8(5-16)12(20)17-9(7(3)4)13(21)18-10(14(22)23)11(19)15(24)25/h6-11,19H,5,16H2,1-4H3,(H,17,20)(H,18,21)(H,22,23)(H,24,25). The first-order valence-corrected chi connectivity index (χ1v) is 7.88. The van der Waals surface area contributed by atoms with Gasteiger partial charge < -0.3 is 31.7 Å². The number of hydrogen-bond donors (Lipinski definition) is 6. The van der Waals surface area contributed by atoms with Crippen LogP contribution in [0.4, 0.5) is 0 Å². The van der Waals surface area contributed by atoms with E-state index in [-0.39, 0.29) is 12.5 Å². The van der Waals surface area contributed by atoms with Gasteiger partial charge in [-0.15, -0.1) is 0 Å². The van der Waals surface area contributed by atoms with Gasteiger partial charge in [0, 0.05) is 6.54 Å². The Morgan fingerprint density at radius 3 is 1.64 bits per heavy atom. The summed E-state index contributed by atoms with van der Waals surface area (Å²) in [7, 11) is 0. The topological polar surface area (TPSA) is 179 Å². The smallest absolute Gasteiger partial charge is 0.335 e. The number of hydrogen-bond acceptors (Lipinski definition) is 6. The Morgan fingerprint density at radius 2 is 1.32 bits per heavy atom. The molecule has 0 rings (SSSR count). The van der Waals surface area contributed by atoms with Gasteiger partial charge in [-0.1, -0.05) is 27.7 Å². The van der Waals surface area contributed by atoms with Crippen LogP contribution >= 0.6 is 0 Å². The highest BCUT2D eigenvalue weighted by Crippen LogP contribution is 2.11. The zero-order valence-corrected chi connectivity index (χ0v) is 14.7. The molecule has 10 nitrogen and oxygen atoms in total. The maximum absolute atomic E-state index is 12.3. The molecule has 0 heterocycles. The van der Waals surface area contributed by atoms with Gasteiger partial charge in [0.1, 0.15) is 6.04 Å². The quantitative estimate of drug-likeness (QED) is 0.268. The lowest BCUT2D eigenvalue weighted by Crippen LogP contribution is -2.59. The number of aliphatic hydroxyl groups excluding tert-OH is 1. The largest absolute Gasteiger partial charge is 0.480 e. The first-order valence-electron chi connectivity index (χ1n) is 7.88. The molecule has 0 aromatic rings. The summed E-state index contributed by atoms with van der Waals surface area (Å²) >= 11 is 0. The van der Waals surface area contributed by atoms with Crippen LogP contribution in [-0.2, 0) is 19.2 Å². The van der Waals surface area contributed by atoms with E-state index in [1.54, 1.807) is 27.7 Å².